The molecule has 1 aromatic rings. The van der Waals surface area contributed by atoms with Crippen molar-refractivity contribution in [2.24, 2.45) is 0 Å². The Hall–Kier alpha value is -1.19. The van der Waals surface area contributed by atoms with Gasteiger partial charge in [-0.1, -0.05) is 6.07 Å². The molecule has 0 saturated carbocycles. The molecule has 7 nitrogen and oxygen atoms in total. The highest BCUT2D eigenvalue weighted by Gasteiger charge is 2.33. The summed E-state index contributed by atoms with van der Waals surface area (Å²) >= 11 is 4.77. The number of hydrogen-bond donors (Lipinski definition) is 2. The van der Waals surface area contributed by atoms with E-state index in [2.05, 4.69) is 20.1 Å². The van der Waals surface area contributed by atoms with Crippen LogP contribution >= 0.6 is 12.6 Å². The number of nitrogens with zero attached hydrogens (tertiary/aromatic N) is 3. The van der Waals surface area contributed by atoms with E-state index in [9.17, 15) is 4.79 Å². The molecule has 2 unspecified atom stereocenters. The zero-order chi connectivity index (χ0) is 17.5. The van der Waals surface area contributed by atoms with E-state index in [1.165, 1.54) is 0 Å². The number of morpholine rings is 2. The molecule has 1 aromatic heterocycles. The number of nitrogens with one attached hydrogen (secondary N) is 1. The van der Waals surface area contributed by atoms with Gasteiger partial charge in [-0.2, -0.15) is 12.6 Å². The van der Waals surface area contributed by atoms with Gasteiger partial charge in [0.2, 0.25) is 5.91 Å². The van der Waals surface area contributed by atoms with Crippen molar-refractivity contribution in [2.75, 3.05) is 59.3 Å². The fraction of sp³-hybridized carbons (Fsp3) is 0.647. The lowest BCUT2D eigenvalue weighted by atomic mass is 10.0. The third kappa shape index (κ3) is 5.15. The van der Waals surface area contributed by atoms with Crippen molar-refractivity contribution < 1.29 is 14.3 Å². The van der Waals surface area contributed by atoms with Crippen LogP contribution < -0.4 is 5.32 Å². The minimum atomic E-state index is -0.427. The second kappa shape index (κ2) is 9.49. The number of carbonyl (C=O) groups excluding carboxylic acids is 1. The van der Waals surface area contributed by atoms with Gasteiger partial charge >= 0.3 is 0 Å². The molecule has 8 heteroatoms. The second-order valence-electron chi connectivity index (χ2n) is 6.22. The number of thiol groups is 1. The highest BCUT2D eigenvalue weighted by molar-refractivity contribution is 7.81. The standard InChI is InChI=1S/C17H26N4O3S/c22-16(19-13-20-5-9-23-10-6-20)15(14-3-1-2-4-18-14)17(25)21-7-11-24-12-8-21/h1-4,15,17,25H,5-13H2,(H,19,22). The van der Waals surface area contributed by atoms with Crippen molar-refractivity contribution >= 4 is 18.5 Å². The van der Waals surface area contributed by atoms with Gasteiger partial charge < -0.3 is 14.8 Å². The van der Waals surface area contributed by atoms with Gasteiger partial charge in [-0.15, -0.1) is 0 Å². The lowest BCUT2D eigenvalue weighted by Crippen LogP contribution is -2.50. The zero-order valence-corrected chi connectivity index (χ0v) is 15.2. The van der Waals surface area contributed by atoms with Crippen LogP contribution in [0.1, 0.15) is 11.6 Å². The normalized spacial score (nSPS) is 22.3. The number of ether oxygens (including phenoxy) is 2. The molecule has 2 aliphatic rings. The van der Waals surface area contributed by atoms with Crippen molar-refractivity contribution in [3.05, 3.63) is 30.1 Å². The average Bonchev–Trinajstić information content (AvgIpc) is 2.69. The van der Waals surface area contributed by atoms with Gasteiger partial charge in [-0.05, 0) is 12.1 Å². The van der Waals surface area contributed by atoms with Crippen LogP contribution in [0.5, 0.6) is 0 Å². The molecule has 138 valence electrons. The molecule has 3 rings (SSSR count). The Bertz CT molecular complexity index is 536. The van der Waals surface area contributed by atoms with E-state index in [1.807, 2.05) is 18.2 Å². The van der Waals surface area contributed by atoms with Crippen LogP contribution in [0, 0.1) is 0 Å². The minimum Gasteiger partial charge on any atom is -0.379 e. The Kier molecular flexibility index (Phi) is 7.06. The second-order valence-corrected chi connectivity index (χ2v) is 6.75. The summed E-state index contributed by atoms with van der Waals surface area (Å²) in [5, 5.41) is 2.82. The smallest absolute Gasteiger partial charge is 0.232 e. The first-order valence-corrected chi connectivity index (χ1v) is 9.26. The van der Waals surface area contributed by atoms with Crippen LogP contribution in [0.4, 0.5) is 0 Å². The Morgan fingerprint density at radius 2 is 1.84 bits per heavy atom. The van der Waals surface area contributed by atoms with Crippen LogP contribution in [-0.2, 0) is 14.3 Å². The maximum absolute atomic E-state index is 13.0. The maximum atomic E-state index is 13.0. The Morgan fingerprint density at radius 3 is 2.48 bits per heavy atom. The Labute approximate surface area is 154 Å². The van der Waals surface area contributed by atoms with Gasteiger partial charge in [0.15, 0.2) is 0 Å². The SMILES string of the molecule is O=C(NCN1CCOCC1)C(c1ccccn1)C(S)N1CCOCC1. The van der Waals surface area contributed by atoms with E-state index in [-0.39, 0.29) is 11.3 Å². The fourth-order valence-electron chi connectivity index (χ4n) is 3.09. The third-order valence-corrected chi connectivity index (χ3v) is 5.21. The van der Waals surface area contributed by atoms with Crippen LogP contribution in [0.15, 0.2) is 24.4 Å². The summed E-state index contributed by atoms with van der Waals surface area (Å²) in [5.74, 6) is -0.472. The van der Waals surface area contributed by atoms with Crippen LogP contribution in [0.3, 0.4) is 0 Å². The first-order chi connectivity index (χ1) is 12.3. The summed E-state index contributed by atoms with van der Waals surface area (Å²) < 4.78 is 10.8. The number of hydrogen-bond acceptors (Lipinski definition) is 7. The highest BCUT2D eigenvalue weighted by atomic mass is 32.1. The summed E-state index contributed by atoms with van der Waals surface area (Å²) in [6.45, 7) is 6.50. The van der Waals surface area contributed by atoms with Crippen LogP contribution in [-0.4, -0.2) is 85.3 Å². The van der Waals surface area contributed by atoms with Gasteiger partial charge in [0.25, 0.3) is 0 Å². The third-order valence-electron chi connectivity index (χ3n) is 4.59. The van der Waals surface area contributed by atoms with Gasteiger partial charge in [-0.25, -0.2) is 0 Å². The minimum absolute atomic E-state index is 0.0447. The molecule has 2 atom stereocenters. The van der Waals surface area contributed by atoms with E-state index in [1.54, 1.807) is 6.20 Å². The topological polar surface area (TPSA) is 66.9 Å². The Morgan fingerprint density at radius 1 is 1.16 bits per heavy atom. The molecule has 1 amide bonds. The van der Waals surface area contributed by atoms with Crippen molar-refractivity contribution in [3.8, 4) is 0 Å². The molecule has 0 radical (unpaired) electrons. The molecule has 0 aliphatic carbocycles. The fourth-order valence-corrected chi connectivity index (χ4v) is 3.61. The summed E-state index contributed by atoms with van der Waals surface area (Å²) in [6, 6.07) is 5.65. The summed E-state index contributed by atoms with van der Waals surface area (Å²) in [7, 11) is 0. The monoisotopic (exact) mass is 366 g/mol. The van der Waals surface area contributed by atoms with E-state index >= 15 is 0 Å². The molecular weight excluding hydrogens is 340 g/mol. The number of pyridine rings is 1. The lowest BCUT2D eigenvalue weighted by molar-refractivity contribution is -0.124. The van der Waals surface area contributed by atoms with Crippen molar-refractivity contribution in [2.45, 2.75) is 11.3 Å². The summed E-state index contributed by atoms with van der Waals surface area (Å²) in [6.07, 6.45) is 1.72. The molecule has 1 N–H and O–H groups in total. The highest BCUT2D eigenvalue weighted by Crippen LogP contribution is 2.26. The number of aromatic nitrogens is 1. The van der Waals surface area contributed by atoms with Crippen molar-refractivity contribution in [1.82, 2.24) is 20.1 Å². The molecule has 0 bridgehead atoms. The Balaban J connectivity index is 1.67. The first-order valence-electron chi connectivity index (χ1n) is 8.74. The predicted molar refractivity (Wildman–Crippen MR) is 97.5 cm³/mol. The maximum Gasteiger partial charge on any atom is 0.232 e. The molecule has 2 saturated heterocycles. The molecule has 0 aromatic carbocycles. The van der Waals surface area contributed by atoms with Gasteiger partial charge in [-0.3, -0.25) is 19.6 Å². The molecule has 3 heterocycles. The van der Waals surface area contributed by atoms with Gasteiger partial charge in [0.05, 0.1) is 44.2 Å². The number of carbonyl (C=O) groups is 1. The molecule has 0 spiro atoms. The van der Waals surface area contributed by atoms with Crippen LogP contribution in [0.25, 0.3) is 0 Å². The van der Waals surface area contributed by atoms with Crippen LogP contribution in [0.2, 0.25) is 0 Å². The average molecular weight is 366 g/mol. The first kappa shape index (κ1) is 18.6. The molecule has 2 fully saturated rings. The van der Waals surface area contributed by atoms with E-state index in [4.69, 9.17) is 22.1 Å². The zero-order valence-electron chi connectivity index (χ0n) is 14.3. The van der Waals surface area contributed by atoms with E-state index < -0.39 is 5.92 Å². The largest absolute Gasteiger partial charge is 0.379 e. The van der Waals surface area contributed by atoms with Gasteiger partial charge in [0, 0.05) is 32.4 Å². The van der Waals surface area contributed by atoms with Crippen molar-refractivity contribution in [1.29, 1.82) is 0 Å². The van der Waals surface area contributed by atoms with Crippen molar-refractivity contribution in [3.63, 3.8) is 0 Å². The predicted octanol–water partition coefficient (Wildman–Crippen LogP) is 0.159. The van der Waals surface area contributed by atoms with Gasteiger partial charge in [0.1, 0.15) is 5.92 Å². The molecule has 25 heavy (non-hydrogen) atoms. The number of amides is 1. The summed E-state index contributed by atoms with van der Waals surface area (Å²) in [4.78, 5) is 21.7. The number of rotatable bonds is 6. The summed E-state index contributed by atoms with van der Waals surface area (Å²) in [5.41, 5.74) is 0.744. The lowest BCUT2D eigenvalue weighted by Gasteiger charge is -2.35. The van der Waals surface area contributed by atoms with E-state index in [0.717, 1.165) is 31.9 Å². The van der Waals surface area contributed by atoms with E-state index in [0.29, 0.717) is 33.1 Å². The quantitative estimate of drug-likeness (QED) is 0.699. The molecule has 2 aliphatic heterocycles. The molecular formula is C17H26N4O3S.